The molecule has 0 fully saturated rings. The standard InChI is InChI=1S/C18H19FN2O4S/c1-2-11-20-18(22)17-12-21(15-5-3-4-6-16(15)25-17)26(23,24)14-9-7-13(19)8-10-14/h3-10,17H,2,11-12H2,1H3,(H,20,22)/t17-/m0/s1. The fourth-order valence-electron chi connectivity index (χ4n) is 2.66. The number of carbonyl (C=O) groups excluding carboxylic acids is 1. The molecule has 6 nitrogen and oxygen atoms in total. The topological polar surface area (TPSA) is 75.7 Å². The van der Waals surface area contributed by atoms with Crippen molar-refractivity contribution in [1.29, 1.82) is 0 Å². The van der Waals surface area contributed by atoms with E-state index in [0.717, 1.165) is 22.9 Å². The molecule has 26 heavy (non-hydrogen) atoms. The Hall–Kier alpha value is -2.61. The van der Waals surface area contributed by atoms with Crippen LogP contribution in [0, 0.1) is 5.82 Å². The molecule has 8 heteroatoms. The van der Waals surface area contributed by atoms with Gasteiger partial charge in [-0.05, 0) is 42.8 Å². The van der Waals surface area contributed by atoms with Gasteiger partial charge in [0.2, 0.25) is 0 Å². The first kappa shape index (κ1) is 18.2. The van der Waals surface area contributed by atoms with Crippen molar-refractivity contribution in [1.82, 2.24) is 5.32 Å². The number of hydrogen-bond donors (Lipinski definition) is 1. The average molecular weight is 378 g/mol. The van der Waals surface area contributed by atoms with Crippen LogP contribution < -0.4 is 14.4 Å². The highest BCUT2D eigenvalue weighted by Gasteiger charge is 2.37. The number of sulfonamides is 1. The van der Waals surface area contributed by atoms with E-state index in [-0.39, 0.29) is 17.3 Å². The maximum atomic E-state index is 13.2. The number of carbonyl (C=O) groups is 1. The molecular formula is C18H19FN2O4S. The number of para-hydroxylation sites is 2. The second kappa shape index (κ2) is 7.33. The lowest BCUT2D eigenvalue weighted by molar-refractivity contribution is -0.127. The molecule has 1 aliphatic rings. The lowest BCUT2D eigenvalue weighted by atomic mass is 10.2. The van der Waals surface area contributed by atoms with E-state index in [9.17, 15) is 17.6 Å². The number of ether oxygens (including phenoxy) is 1. The summed E-state index contributed by atoms with van der Waals surface area (Å²) in [6.07, 6.45) is -0.209. The molecule has 0 unspecified atom stereocenters. The summed E-state index contributed by atoms with van der Waals surface area (Å²) in [4.78, 5) is 12.3. The summed E-state index contributed by atoms with van der Waals surface area (Å²) < 4.78 is 46.1. The number of rotatable bonds is 5. The molecule has 2 aromatic carbocycles. The Morgan fingerprint density at radius 2 is 1.92 bits per heavy atom. The summed E-state index contributed by atoms with van der Waals surface area (Å²) in [5.74, 6) is -0.593. The normalized spacial score (nSPS) is 16.5. The van der Waals surface area contributed by atoms with E-state index in [4.69, 9.17) is 4.74 Å². The second-order valence-electron chi connectivity index (χ2n) is 5.86. The van der Waals surface area contributed by atoms with Crippen molar-refractivity contribution in [3.05, 3.63) is 54.3 Å². The van der Waals surface area contributed by atoms with Crippen LogP contribution in [0.4, 0.5) is 10.1 Å². The predicted octanol–water partition coefficient (Wildman–Crippen LogP) is 2.31. The number of benzene rings is 2. The molecular weight excluding hydrogens is 359 g/mol. The second-order valence-corrected chi connectivity index (χ2v) is 7.72. The zero-order valence-corrected chi connectivity index (χ0v) is 15.0. The number of fused-ring (bicyclic) bond motifs is 1. The third-order valence-corrected chi connectivity index (χ3v) is 5.77. The van der Waals surface area contributed by atoms with Gasteiger partial charge >= 0.3 is 0 Å². The van der Waals surface area contributed by atoms with Crippen LogP contribution in [0.5, 0.6) is 5.75 Å². The van der Waals surface area contributed by atoms with Gasteiger partial charge in [-0.25, -0.2) is 12.8 Å². The van der Waals surface area contributed by atoms with Crippen molar-refractivity contribution >= 4 is 21.6 Å². The van der Waals surface area contributed by atoms with Gasteiger partial charge in [0.05, 0.1) is 17.1 Å². The third kappa shape index (κ3) is 3.50. The van der Waals surface area contributed by atoms with Crippen LogP contribution in [0.2, 0.25) is 0 Å². The largest absolute Gasteiger partial charge is 0.476 e. The van der Waals surface area contributed by atoms with Crippen molar-refractivity contribution in [2.45, 2.75) is 24.3 Å². The summed E-state index contributed by atoms with van der Waals surface area (Å²) in [5.41, 5.74) is 0.344. The van der Waals surface area contributed by atoms with Gasteiger partial charge in [0, 0.05) is 6.54 Å². The molecule has 1 heterocycles. The predicted molar refractivity (Wildman–Crippen MR) is 95.1 cm³/mol. The number of amides is 1. The van der Waals surface area contributed by atoms with Crippen molar-refractivity contribution < 1.29 is 22.3 Å². The molecule has 1 atom stereocenters. The average Bonchev–Trinajstić information content (AvgIpc) is 2.65. The molecule has 0 radical (unpaired) electrons. The molecule has 0 saturated heterocycles. The molecule has 1 aliphatic heterocycles. The van der Waals surface area contributed by atoms with E-state index in [1.807, 2.05) is 6.92 Å². The molecule has 0 aromatic heterocycles. The first-order valence-electron chi connectivity index (χ1n) is 8.25. The van der Waals surface area contributed by atoms with E-state index in [2.05, 4.69) is 5.32 Å². The number of hydrogen-bond acceptors (Lipinski definition) is 4. The number of nitrogens with one attached hydrogen (secondary N) is 1. The zero-order valence-electron chi connectivity index (χ0n) is 14.2. The maximum Gasteiger partial charge on any atom is 0.264 e. The molecule has 0 aliphatic carbocycles. The molecule has 2 aromatic rings. The summed E-state index contributed by atoms with van der Waals surface area (Å²) in [7, 11) is -3.97. The highest BCUT2D eigenvalue weighted by Crippen LogP contribution is 2.36. The van der Waals surface area contributed by atoms with Crippen LogP contribution in [0.15, 0.2) is 53.4 Å². The Kier molecular flexibility index (Phi) is 5.13. The fraction of sp³-hybridized carbons (Fsp3) is 0.278. The van der Waals surface area contributed by atoms with Crippen molar-refractivity contribution in [3.8, 4) is 5.75 Å². The number of nitrogens with zero attached hydrogens (tertiary/aromatic N) is 1. The SMILES string of the molecule is CCCNC(=O)[C@@H]1CN(S(=O)(=O)c2ccc(F)cc2)c2ccccc2O1. The van der Waals surface area contributed by atoms with Crippen molar-refractivity contribution in [3.63, 3.8) is 0 Å². The first-order chi connectivity index (χ1) is 12.4. The zero-order chi connectivity index (χ0) is 18.7. The monoisotopic (exact) mass is 378 g/mol. The summed E-state index contributed by atoms with van der Waals surface area (Å²) in [6, 6.07) is 11.2. The van der Waals surface area contributed by atoms with E-state index in [0.29, 0.717) is 18.0 Å². The quantitative estimate of drug-likeness (QED) is 0.866. The minimum atomic E-state index is -3.97. The summed E-state index contributed by atoms with van der Waals surface area (Å²) in [5, 5.41) is 2.72. The first-order valence-corrected chi connectivity index (χ1v) is 9.69. The molecule has 1 amide bonds. The van der Waals surface area contributed by atoms with Gasteiger partial charge in [-0.2, -0.15) is 0 Å². The molecule has 0 saturated carbocycles. The summed E-state index contributed by atoms with van der Waals surface area (Å²) >= 11 is 0. The van der Waals surface area contributed by atoms with Crippen LogP contribution in [-0.2, 0) is 14.8 Å². The fourth-order valence-corrected chi connectivity index (χ4v) is 4.14. The van der Waals surface area contributed by atoms with Gasteiger partial charge in [-0.1, -0.05) is 19.1 Å². The molecule has 138 valence electrons. The van der Waals surface area contributed by atoms with Gasteiger partial charge in [0.15, 0.2) is 6.10 Å². The molecule has 0 bridgehead atoms. The Morgan fingerprint density at radius 1 is 1.23 bits per heavy atom. The smallest absolute Gasteiger partial charge is 0.264 e. The minimum Gasteiger partial charge on any atom is -0.476 e. The van der Waals surface area contributed by atoms with E-state index in [1.54, 1.807) is 24.3 Å². The van der Waals surface area contributed by atoms with Crippen LogP contribution >= 0.6 is 0 Å². The Labute approximate surface area is 151 Å². The minimum absolute atomic E-state index is 0.0525. The van der Waals surface area contributed by atoms with Gasteiger partial charge in [-0.15, -0.1) is 0 Å². The van der Waals surface area contributed by atoms with Gasteiger partial charge in [0.25, 0.3) is 15.9 Å². The lowest BCUT2D eigenvalue weighted by Crippen LogP contribution is -2.50. The van der Waals surface area contributed by atoms with E-state index >= 15 is 0 Å². The highest BCUT2D eigenvalue weighted by atomic mass is 32.2. The van der Waals surface area contributed by atoms with Crippen LogP contribution in [0.3, 0.4) is 0 Å². The molecule has 3 rings (SSSR count). The number of halogens is 1. The van der Waals surface area contributed by atoms with Crippen molar-refractivity contribution in [2.75, 3.05) is 17.4 Å². The van der Waals surface area contributed by atoms with Gasteiger partial charge < -0.3 is 10.1 Å². The van der Waals surface area contributed by atoms with E-state index < -0.39 is 21.9 Å². The lowest BCUT2D eigenvalue weighted by Gasteiger charge is -2.34. The van der Waals surface area contributed by atoms with Crippen LogP contribution in [-0.4, -0.2) is 33.5 Å². The molecule has 0 spiro atoms. The van der Waals surface area contributed by atoms with Gasteiger partial charge in [0.1, 0.15) is 11.6 Å². The Balaban J connectivity index is 1.98. The number of anilines is 1. The van der Waals surface area contributed by atoms with Crippen LogP contribution in [0.1, 0.15) is 13.3 Å². The molecule has 1 N–H and O–H groups in total. The summed E-state index contributed by atoms with van der Waals surface area (Å²) in [6.45, 7) is 2.24. The van der Waals surface area contributed by atoms with E-state index in [1.165, 1.54) is 12.1 Å². The Bertz CT molecular complexity index is 900. The maximum absolute atomic E-state index is 13.2. The van der Waals surface area contributed by atoms with Gasteiger partial charge in [-0.3, -0.25) is 9.10 Å². The Morgan fingerprint density at radius 3 is 2.62 bits per heavy atom. The van der Waals surface area contributed by atoms with Crippen LogP contribution in [0.25, 0.3) is 0 Å². The highest BCUT2D eigenvalue weighted by molar-refractivity contribution is 7.92. The third-order valence-electron chi connectivity index (χ3n) is 3.98. The van der Waals surface area contributed by atoms with Crippen molar-refractivity contribution in [2.24, 2.45) is 0 Å².